The van der Waals surface area contributed by atoms with Crippen LogP contribution in [0.5, 0.6) is 11.5 Å². The largest absolute Gasteiger partial charge is 0.493 e. The Bertz CT molecular complexity index is 1310. The highest BCUT2D eigenvalue weighted by atomic mass is 35.5. The van der Waals surface area contributed by atoms with E-state index in [1.807, 2.05) is 0 Å². The van der Waals surface area contributed by atoms with E-state index in [9.17, 15) is 9.18 Å². The summed E-state index contributed by atoms with van der Waals surface area (Å²) in [6.07, 6.45) is 1.69. The number of amides is 1. The molecule has 4 nitrogen and oxygen atoms in total. The van der Waals surface area contributed by atoms with E-state index in [2.05, 4.69) is 0 Å². The van der Waals surface area contributed by atoms with Crippen molar-refractivity contribution >= 4 is 80.8 Å². The van der Waals surface area contributed by atoms with Crippen LogP contribution in [0.4, 0.5) is 10.1 Å². The Labute approximate surface area is 220 Å². The van der Waals surface area contributed by atoms with Crippen LogP contribution < -0.4 is 14.4 Å². The number of thiocarbonyl (C=S) groups is 1. The Morgan fingerprint density at radius 2 is 1.85 bits per heavy atom. The van der Waals surface area contributed by atoms with E-state index in [0.717, 1.165) is 11.8 Å². The van der Waals surface area contributed by atoms with Crippen LogP contribution >= 0.6 is 58.8 Å². The summed E-state index contributed by atoms with van der Waals surface area (Å²) in [5.74, 6) is 0.0414. The Morgan fingerprint density at radius 1 is 1.06 bits per heavy atom. The van der Waals surface area contributed by atoms with Gasteiger partial charge < -0.3 is 9.47 Å². The van der Waals surface area contributed by atoms with Crippen LogP contribution in [0.3, 0.4) is 0 Å². The van der Waals surface area contributed by atoms with Crippen molar-refractivity contribution < 1.29 is 18.7 Å². The molecule has 3 aromatic rings. The van der Waals surface area contributed by atoms with E-state index in [0.29, 0.717) is 42.0 Å². The molecule has 174 valence electrons. The lowest BCUT2D eigenvalue weighted by atomic mass is 10.1. The first-order valence-corrected chi connectivity index (χ1v) is 12.1. The summed E-state index contributed by atoms with van der Waals surface area (Å²) in [4.78, 5) is 14.9. The highest BCUT2D eigenvalue weighted by Gasteiger charge is 2.34. The van der Waals surface area contributed by atoms with Gasteiger partial charge in [0.15, 0.2) is 15.8 Å². The normalized spacial score (nSPS) is 14.7. The van der Waals surface area contributed by atoms with Gasteiger partial charge in [0.2, 0.25) is 0 Å². The van der Waals surface area contributed by atoms with Gasteiger partial charge in [-0.25, -0.2) is 4.39 Å². The second-order valence-electron chi connectivity index (χ2n) is 7.01. The Hall–Kier alpha value is -2.29. The second kappa shape index (κ2) is 10.5. The summed E-state index contributed by atoms with van der Waals surface area (Å²) in [7, 11) is 1.50. The minimum absolute atomic E-state index is 0.0947. The van der Waals surface area contributed by atoms with Gasteiger partial charge in [0, 0.05) is 10.6 Å². The summed E-state index contributed by atoms with van der Waals surface area (Å²) in [5, 5.41) is 1.04. The van der Waals surface area contributed by atoms with Crippen molar-refractivity contribution in [2.45, 2.75) is 6.61 Å². The molecular formula is C24H15Cl3FNO3S2. The third-order valence-corrected chi connectivity index (χ3v) is 7.06. The van der Waals surface area contributed by atoms with Gasteiger partial charge >= 0.3 is 0 Å². The van der Waals surface area contributed by atoms with Gasteiger partial charge in [-0.05, 0) is 54.1 Å². The van der Waals surface area contributed by atoms with E-state index in [1.165, 1.54) is 24.1 Å². The van der Waals surface area contributed by atoms with Crippen LogP contribution in [-0.2, 0) is 11.4 Å². The summed E-state index contributed by atoms with van der Waals surface area (Å²) < 4.78 is 25.6. The van der Waals surface area contributed by atoms with E-state index < -0.39 is 5.82 Å². The third kappa shape index (κ3) is 5.19. The summed E-state index contributed by atoms with van der Waals surface area (Å²) in [6, 6.07) is 14.4. The fraction of sp³-hybridized carbons (Fsp3) is 0.0833. The minimum atomic E-state index is -0.466. The number of rotatable bonds is 6. The van der Waals surface area contributed by atoms with Crippen molar-refractivity contribution in [3.63, 3.8) is 0 Å². The fourth-order valence-electron chi connectivity index (χ4n) is 3.21. The van der Waals surface area contributed by atoms with Crippen LogP contribution in [-0.4, -0.2) is 17.3 Å². The fourth-order valence-corrected chi connectivity index (χ4v) is 5.20. The number of carbonyl (C=O) groups is 1. The zero-order valence-corrected chi connectivity index (χ0v) is 21.4. The van der Waals surface area contributed by atoms with Crippen LogP contribution in [0.15, 0.2) is 59.5 Å². The minimum Gasteiger partial charge on any atom is -0.493 e. The summed E-state index contributed by atoms with van der Waals surface area (Å²) in [5.41, 5.74) is 1.35. The molecule has 0 atom stereocenters. The van der Waals surface area contributed by atoms with Crippen LogP contribution in [0.1, 0.15) is 11.1 Å². The number of hydrogen-bond donors (Lipinski definition) is 0. The van der Waals surface area contributed by atoms with Gasteiger partial charge in [0.05, 0.1) is 27.7 Å². The van der Waals surface area contributed by atoms with Crippen molar-refractivity contribution in [1.82, 2.24) is 0 Å². The molecule has 34 heavy (non-hydrogen) atoms. The number of hydrogen-bond acceptors (Lipinski definition) is 5. The Morgan fingerprint density at radius 3 is 2.56 bits per heavy atom. The zero-order valence-electron chi connectivity index (χ0n) is 17.5. The van der Waals surface area contributed by atoms with E-state index in [4.69, 9.17) is 56.5 Å². The van der Waals surface area contributed by atoms with Gasteiger partial charge in [0.25, 0.3) is 5.91 Å². The maximum Gasteiger partial charge on any atom is 0.270 e. The Kier molecular flexibility index (Phi) is 7.70. The van der Waals surface area contributed by atoms with Crippen molar-refractivity contribution in [3.8, 4) is 11.5 Å². The van der Waals surface area contributed by atoms with Gasteiger partial charge in [-0.1, -0.05) is 70.9 Å². The third-order valence-electron chi connectivity index (χ3n) is 4.86. The molecule has 0 aromatic heterocycles. The molecule has 0 bridgehead atoms. The number of carbonyl (C=O) groups excluding carboxylic acids is 1. The Balaban J connectivity index is 1.60. The zero-order chi connectivity index (χ0) is 24.4. The molecular weight excluding hydrogens is 540 g/mol. The molecule has 0 radical (unpaired) electrons. The lowest BCUT2D eigenvalue weighted by Crippen LogP contribution is -2.27. The maximum absolute atomic E-state index is 14.1. The molecule has 1 fully saturated rings. The first-order valence-electron chi connectivity index (χ1n) is 9.75. The van der Waals surface area contributed by atoms with E-state index in [-0.39, 0.29) is 23.1 Å². The molecule has 0 aliphatic carbocycles. The first kappa shape index (κ1) is 24.8. The maximum atomic E-state index is 14.1. The number of halogens is 4. The summed E-state index contributed by atoms with van der Waals surface area (Å²) in [6.45, 7) is -0.0947. The highest BCUT2D eigenvalue weighted by Crippen LogP contribution is 2.40. The monoisotopic (exact) mass is 553 g/mol. The molecule has 4 rings (SSSR count). The lowest BCUT2D eigenvalue weighted by Gasteiger charge is -2.16. The highest BCUT2D eigenvalue weighted by molar-refractivity contribution is 8.27. The van der Waals surface area contributed by atoms with Gasteiger partial charge in [-0.15, -0.1) is 0 Å². The molecule has 3 aromatic carbocycles. The quantitative estimate of drug-likeness (QED) is 0.230. The average molecular weight is 555 g/mol. The van der Waals surface area contributed by atoms with Gasteiger partial charge in [0.1, 0.15) is 12.4 Å². The van der Waals surface area contributed by atoms with Crippen molar-refractivity contribution in [3.05, 3.63) is 91.5 Å². The molecule has 1 aliphatic heterocycles. The number of ether oxygens (including phenoxy) is 2. The van der Waals surface area contributed by atoms with Crippen LogP contribution in [0.25, 0.3) is 6.08 Å². The van der Waals surface area contributed by atoms with Gasteiger partial charge in [-0.2, -0.15) is 0 Å². The number of methoxy groups -OCH3 is 1. The number of thioether (sulfide) groups is 1. The van der Waals surface area contributed by atoms with E-state index >= 15 is 0 Å². The predicted octanol–water partition coefficient (Wildman–Crippen LogP) is 7.78. The molecule has 1 amide bonds. The molecule has 10 heteroatoms. The molecule has 0 unspecified atom stereocenters. The molecule has 0 N–H and O–H groups in total. The second-order valence-corrected chi connectivity index (χ2v) is 9.94. The number of anilines is 1. The molecule has 0 saturated carbocycles. The lowest BCUT2D eigenvalue weighted by molar-refractivity contribution is -0.113. The number of benzene rings is 3. The van der Waals surface area contributed by atoms with Crippen molar-refractivity contribution in [2.24, 2.45) is 0 Å². The first-order chi connectivity index (χ1) is 16.3. The molecule has 1 heterocycles. The standard InChI is InChI=1S/C24H15Cl3FNO3S2/c1-31-20-8-5-13(9-21(20)32-12-15-16(26)3-2-4-18(15)28)10-22-23(30)29(24(33)34-22)19-7-6-14(25)11-17(19)27/h2-11H,12H2,1H3/b22-10-. The molecule has 1 aliphatic rings. The van der Waals surface area contributed by atoms with Crippen molar-refractivity contribution in [2.75, 3.05) is 12.0 Å². The smallest absolute Gasteiger partial charge is 0.270 e. The predicted molar refractivity (Wildman–Crippen MR) is 141 cm³/mol. The van der Waals surface area contributed by atoms with Gasteiger partial charge in [-0.3, -0.25) is 9.69 Å². The molecule has 1 saturated heterocycles. The van der Waals surface area contributed by atoms with E-state index in [1.54, 1.807) is 48.5 Å². The van der Waals surface area contributed by atoms with Crippen molar-refractivity contribution in [1.29, 1.82) is 0 Å². The SMILES string of the molecule is COc1ccc(/C=C2\SC(=S)N(c3ccc(Cl)cc3Cl)C2=O)cc1OCc1c(F)cccc1Cl. The topological polar surface area (TPSA) is 38.8 Å². The summed E-state index contributed by atoms with van der Waals surface area (Å²) >= 11 is 24.9. The average Bonchev–Trinajstić information content (AvgIpc) is 3.06. The molecule has 0 spiro atoms. The van der Waals surface area contributed by atoms with Crippen LogP contribution in [0.2, 0.25) is 15.1 Å². The van der Waals surface area contributed by atoms with Crippen LogP contribution in [0, 0.1) is 5.82 Å². The number of nitrogens with zero attached hydrogens (tertiary/aromatic N) is 1.